The third-order valence-electron chi connectivity index (χ3n) is 0.942. The molecule has 0 atom stereocenters. The van der Waals surface area contributed by atoms with Gasteiger partial charge in [0.25, 0.3) is 0 Å². The molecule has 1 aromatic rings. The molecular formula is C9H17FN2. The average molecular weight is 172 g/mol. The van der Waals surface area contributed by atoms with Crippen LogP contribution in [-0.4, -0.2) is 12.0 Å². The van der Waals surface area contributed by atoms with Crippen LogP contribution in [0.25, 0.3) is 0 Å². The zero-order chi connectivity index (χ0) is 9.98. The van der Waals surface area contributed by atoms with Crippen molar-refractivity contribution in [1.82, 2.24) is 4.98 Å². The molecule has 0 saturated heterocycles. The van der Waals surface area contributed by atoms with E-state index in [1.807, 2.05) is 13.8 Å². The van der Waals surface area contributed by atoms with Crippen molar-refractivity contribution >= 4 is 0 Å². The normalized spacial score (nSPS) is 7.17. The van der Waals surface area contributed by atoms with Gasteiger partial charge in [0.05, 0.1) is 5.69 Å². The summed E-state index contributed by atoms with van der Waals surface area (Å²) >= 11 is 0. The summed E-state index contributed by atoms with van der Waals surface area (Å²) in [7, 11) is 1.50. The molecule has 0 bridgehead atoms. The van der Waals surface area contributed by atoms with Gasteiger partial charge in [-0.25, -0.2) is 4.39 Å². The number of nitrogens with two attached hydrogens (primary N) is 1. The van der Waals surface area contributed by atoms with Gasteiger partial charge in [-0.1, -0.05) is 13.8 Å². The second-order valence-electron chi connectivity index (χ2n) is 1.57. The van der Waals surface area contributed by atoms with E-state index in [9.17, 15) is 4.39 Å². The van der Waals surface area contributed by atoms with E-state index in [0.717, 1.165) is 0 Å². The number of rotatable bonds is 0. The number of pyridine rings is 1. The highest BCUT2D eigenvalue weighted by atomic mass is 19.1. The lowest BCUT2D eigenvalue weighted by Crippen LogP contribution is -1.82. The van der Waals surface area contributed by atoms with Crippen LogP contribution in [0.5, 0.6) is 0 Å². The smallest absolute Gasteiger partial charge is 0.144 e. The van der Waals surface area contributed by atoms with Gasteiger partial charge in [-0.05, 0) is 26.1 Å². The molecule has 0 aromatic carbocycles. The molecule has 1 aromatic heterocycles. The largest absolute Gasteiger partial charge is 0.333 e. The monoisotopic (exact) mass is 172 g/mol. The number of aromatic nitrogens is 1. The summed E-state index contributed by atoms with van der Waals surface area (Å²) in [5.74, 6) is -0.243. The molecule has 0 aliphatic rings. The fraction of sp³-hybridized carbons (Fsp3) is 0.444. The van der Waals surface area contributed by atoms with Crippen molar-refractivity contribution in [2.24, 2.45) is 5.73 Å². The standard InChI is InChI=1S/C6H6FN.C2H6.CH5N/c1-5-6(7)3-2-4-8-5;2*1-2/h2-4H,1H3;1-2H3;2H2,1H3. The van der Waals surface area contributed by atoms with E-state index in [-0.39, 0.29) is 5.82 Å². The molecule has 0 radical (unpaired) electrons. The number of halogens is 1. The van der Waals surface area contributed by atoms with E-state index in [0.29, 0.717) is 5.69 Å². The molecule has 0 amide bonds. The van der Waals surface area contributed by atoms with E-state index in [1.165, 1.54) is 13.1 Å². The molecule has 0 spiro atoms. The maximum atomic E-state index is 12.3. The van der Waals surface area contributed by atoms with Gasteiger partial charge in [0.2, 0.25) is 0 Å². The summed E-state index contributed by atoms with van der Waals surface area (Å²) in [6.45, 7) is 5.63. The van der Waals surface area contributed by atoms with Crippen LogP contribution in [0, 0.1) is 12.7 Å². The Morgan fingerprint density at radius 2 is 1.83 bits per heavy atom. The fourth-order valence-corrected chi connectivity index (χ4v) is 0.465. The van der Waals surface area contributed by atoms with Crippen LogP contribution in [0.15, 0.2) is 18.3 Å². The van der Waals surface area contributed by atoms with E-state index >= 15 is 0 Å². The Kier molecular flexibility index (Phi) is 11.4. The number of nitrogens with zero attached hydrogens (tertiary/aromatic N) is 1. The summed E-state index contributed by atoms with van der Waals surface area (Å²) in [5.41, 5.74) is 4.95. The number of hydrogen-bond acceptors (Lipinski definition) is 2. The summed E-state index contributed by atoms with van der Waals surface area (Å²) in [4.78, 5) is 3.70. The van der Waals surface area contributed by atoms with Gasteiger partial charge < -0.3 is 5.73 Å². The summed E-state index contributed by atoms with van der Waals surface area (Å²) in [5, 5.41) is 0. The minimum atomic E-state index is -0.243. The van der Waals surface area contributed by atoms with Crippen molar-refractivity contribution in [3.63, 3.8) is 0 Å². The first kappa shape index (κ1) is 13.6. The van der Waals surface area contributed by atoms with Crippen LogP contribution in [-0.2, 0) is 0 Å². The van der Waals surface area contributed by atoms with Crippen molar-refractivity contribution in [3.8, 4) is 0 Å². The van der Waals surface area contributed by atoms with Crippen molar-refractivity contribution in [2.75, 3.05) is 7.05 Å². The minimum Gasteiger partial charge on any atom is -0.333 e. The Balaban J connectivity index is 0. The molecule has 2 N–H and O–H groups in total. The lowest BCUT2D eigenvalue weighted by atomic mass is 10.4. The number of hydrogen-bond donors (Lipinski definition) is 1. The second-order valence-corrected chi connectivity index (χ2v) is 1.57. The SMILES string of the molecule is CC.CN.Cc1ncccc1F. The van der Waals surface area contributed by atoms with Crippen LogP contribution in [0.2, 0.25) is 0 Å². The predicted molar refractivity (Wildman–Crippen MR) is 50.4 cm³/mol. The first-order valence-electron chi connectivity index (χ1n) is 3.95. The zero-order valence-electron chi connectivity index (χ0n) is 8.13. The molecule has 0 aliphatic carbocycles. The molecular weight excluding hydrogens is 155 g/mol. The lowest BCUT2D eigenvalue weighted by molar-refractivity contribution is 0.610. The van der Waals surface area contributed by atoms with E-state index in [1.54, 1.807) is 19.2 Å². The summed E-state index contributed by atoms with van der Waals surface area (Å²) in [6.07, 6.45) is 1.57. The Labute approximate surface area is 73.6 Å². The van der Waals surface area contributed by atoms with Gasteiger partial charge in [-0.3, -0.25) is 4.98 Å². The first-order valence-corrected chi connectivity index (χ1v) is 3.95. The molecule has 0 aliphatic heterocycles. The van der Waals surface area contributed by atoms with Gasteiger partial charge in [0, 0.05) is 6.20 Å². The Hall–Kier alpha value is -0.960. The third-order valence-corrected chi connectivity index (χ3v) is 0.942. The van der Waals surface area contributed by atoms with Crippen LogP contribution >= 0.6 is 0 Å². The molecule has 1 heterocycles. The van der Waals surface area contributed by atoms with Gasteiger partial charge in [-0.15, -0.1) is 0 Å². The zero-order valence-corrected chi connectivity index (χ0v) is 8.13. The summed E-state index contributed by atoms with van der Waals surface area (Å²) in [6, 6.07) is 2.96. The van der Waals surface area contributed by atoms with Crippen LogP contribution in [0.3, 0.4) is 0 Å². The Bertz CT molecular complexity index is 169. The highest BCUT2D eigenvalue weighted by Crippen LogP contribution is 1.97. The quantitative estimate of drug-likeness (QED) is 0.651. The fourth-order valence-electron chi connectivity index (χ4n) is 0.465. The van der Waals surface area contributed by atoms with E-state index in [2.05, 4.69) is 10.7 Å². The van der Waals surface area contributed by atoms with Crippen molar-refractivity contribution in [1.29, 1.82) is 0 Å². The van der Waals surface area contributed by atoms with Gasteiger partial charge in [0.1, 0.15) is 5.82 Å². The molecule has 0 saturated carbocycles. The van der Waals surface area contributed by atoms with E-state index in [4.69, 9.17) is 0 Å². The first-order chi connectivity index (χ1) is 5.80. The second kappa shape index (κ2) is 10.0. The molecule has 1 rings (SSSR count). The predicted octanol–water partition coefficient (Wildman–Crippen LogP) is 2.13. The minimum absolute atomic E-state index is 0.243. The summed E-state index contributed by atoms with van der Waals surface area (Å²) < 4.78 is 12.3. The third kappa shape index (κ3) is 5.80. The van der Waals surface area contributed by atoms with Crippen molar-refractivity contribution < 1.29 is 4.39 Å². The lowest BCUT2D eigenvalue weighted by Gasteiger charge is -1.88. The maximum absolute atomic E-state index is 12.3. The van der Waals surface area contributed by atoms with E-state index < -0.39 is 0 Å². The molecule has 70 valence electrons. The number of aryl methyl sites for hydroxylation is 1. The maximum Gasteiger partial charge on any atom is 0.144 e. The molecule has 12 heavy (non-hydrogen) atoms. The van der Waals surface area contributed by atoms with Gasteiger partial charge >= 0.3 is 0 Å². The van der Waals surface area contributed by atoms with Crippen molar-refractivity contribution in [2.45, 2.75) is 20.8 Å². The molecule has 2 nitrogen and oxygen atoms in total. The van der Waals surface area contributed by atoms with Crippen LogP contribution < -0.4 is 5.73 Å². The topological polar surface area (TPSA) is 38.9 Å². The highest BCUT2D eigenvalue weighted by Gasteiger charge is 1.90. The highest BCUT2D eigenvalue weighted by molar-refractivity contribution is 5.03. The average Bonchev–Trinajstić information content (AvgIpc) is 2.17. The van der Waals surface area contributed by atoms with Crippen LogP contribution in [0.1, 0.15) is 19.5 Å². The van der Waals surface area contributed by atoms with Gasteiger partial charge in [-0.2, -0.15) is 0 Å². The van der Waals surface area contributed by atoms with Crippen molar-refractivity contribution in [3.05, 3.63) is 29.8 Å². The van der Waals surface area contributed by atoms with Gasteiger partial charge in [0.15, 0.2) is 0 Å². The molecule has 0 fully saturated rings. The Morgan fingerprint density at radius 3 is 2.08 bits per heavy atom. The van der Waals surface area contributed by atoms with Crippen LogP contribution in [0.4, 0.5) is 4.39 Å². The Morgan fingerprint density at radius 1 is 1.33 bits per heavy atom. The molecule has 0 unspecified atom stereocenters. The molecule has 3 heteroatoms.